The van der Waals surface area contributed by atoms with Crippen LogP contribution in [-0.4, -0.2) is 11.2 Å². The molecule has 0 aromatic rings. The molecule has 0 heterocycles. The van der Waals surface area contributed by atoms with Gasteiger partial charge in [0, 0.05) is 0 Å². The van der Waals surface area contributed by atoms with E-state index in [1.807, 2.05) is 0 Å². The maximum absolute atomic E-state index is 9.51. The number of hydrogen-bond acceptors (Lipinski definition) is 1. The minimum Gasteiger partial charge on any atom is -0.393 e. The predicted molar refractivity (Wildman–Crippen MR) is 86.7 cm³/mol. The first-order valence-corrected chi connectivity index (χ1v) is 9.12. The third-order valence-corrected chi connectivity index (χ3v) is 5.55. The highest BCUT2D eigenvalue weighted by molar-refractivity contribution is 4.91. The van der Waals surface area contributed by atoms with Crippen LogP contribution in [0, 0.1) is 17.8 Å². The van der Waals surface area contributed by atoms with Gasteiger partial charge in [-0.15, -0.1) is 0 Å². The summed E-state index contributed by atoms with van der Waals surface area (Å²) in [5.74, 6) is 2.78. The standard InChI is InChI=1S/C19H34O/c1-2-5-16-8-10-17(11-9-16)6-3-4-7-18-12-14-19(20)15-13-18/h3,6,16-20H,2,4-5,7-15H2,1H3/b6-3+/t16-,17-,18?,19?. The van der Waals surface area contributed by atoms with Crippen molar-refractivity contribution in [1.82, 2.24) is 0 Å². The van der Waals surface area contributed by atoms with Crippen LogP contribution in [0.5, 0.6) is 0 Å². The summed E-state index contributed by atoms with van der Waals surface area (Å²) in [5, 5.41) is 9.51. The molecule has 20 heavy (non-hydrogen) atoms. The van der Waals surface area contributed by atoms with E-state index in [1.54, 1.807) is 0 Å². The minimum atomic E-state index is 0.0000902. The Morgan fingerprint density at radius 1 is 0.850 bits per heavy atom. The summed E-state index contributed by atoms with van der Waals surface area (Å²) in [6.07, 6.45) is 20.7. The smallest absolute Gasteiger partial charge is 0.0540 e. The van der Waals surface area contributed by atoms with Gasteiger partial charge in [-0.2, -0.15) is 0 Å². The molecule has 2 fully saturated rings. The van der Waals surface area contributed by atoms with Crippen LogP contribution in [0.4, 0.5) is 0 Å². The van der Waals surface area contributed by atoms with Crippen molar-refractivity contribution in [1.29, 1.82) is 0 Å². The fourth-order valence-electron chi connectivity index (χ4n) is 4.13. The van der Waals surface area contributed by atoms with Gasteiger partial charge in [0.15, 0.2) is 0 Å². The summed E-state index contributed by atoms with van der Waals surface area (Å²) >= 11 is 0. The largest absolute Gasteiger partial charge is 0.393 e. The van der Waals surface area contributed by atoms with Crippen molar-refractivity contribution in [3.05, 3.63) is 12.2 Å². The molecular weight excluding hydrogens is 244 g/mol. The van der Waals surface area contributed by atoms with Crippen molar-refractivity contribution in [2.75, 3.05) is 0 Å². The van der Waals surface area contributed by atoms with E-state index in [2.05, 4.69) is 19.1 Å². The lowest BCUT2D eigenvalue weighted by atomic mass is 9.80. The van der Waals surface area contributed by atoms with Gasteiger partial charge >= 0.3 is 0 Å². The van der Waals surface area contributed by atoms with Crippen molar-refractivity contribution < 1.29 is 5.11 Å². The first kappa shape index (κ1) is 16.1. The van der Waals surface area contributed by atoms with E-state index in [0.29, 0.717) is 0 Å². The van der Waals surface area contributed by atoms with Crippen molar-refractivity contribution in [3.63, 3.8) is 0 Å². The van der Waals surface area contributed by atoms with Crippen molar-refractivity contribution in [3.8, 4) is 0 Å². The maximum atomic E-state index is 9.51. The predicted octanol–water partition coefficient (Wildman–Crippen LogP) is 5.48. The summed E-state index contributed by atoms with van der Waals surface area (Å²) in [4.78, 5) is 0. The summed E-state index contributed by atoms with van der Waals surface area (Å²) in [7, 11) is 0. The van der Waals surface area contributed by atoms with E-state index in [9.17, 15) is 5.11 Å². The highest BCUT2D eigenvalue weighted by atomic mass is 16.3. The van der Waals surface area contributed by atoms with Crippen molar-refractivity contribution in [2.45, 2.75) is 90.1 Å². The Morgan fingerprint density at radius 3 is 2.10 bits per heavy atom. The molecule has 2 saturated carbocycles. The third-order valence-electron chi connectivity index (χ3n) is 5.55. The Bertz CT molecular complexity index is 267. The first-order valence-electron chi connectivity index (χ1n) is 9.12. The quantitative estimate of drug-likeness (QED) is 0.638. The fraction of sp³-hybridized carbons (Fsp3) is 0.895. The molecule has 2 aliphatic carbocycles. The van der Waals surface area contributed by atoms with E-state index < -0.39 is 0 Å². The van der Waals surface area contributed by atoms with Crippen LogP contribution in [0.15, 0.2) is 12.2 Å². The van der Waals surface area contributed by atoms with Crippen molar-refractivity contribution in [2.24, 2.45) is 17.8 Å². The molecule has 2 rings (SSSR count). The molecular formula is C19H34O. The summed E-state index contributed by atoms with van der Waals surface area (Å²) in [6, 6.07) is 0. The Kier molecular flexibility index (Phi) is 7.13. The molecule has 1 nitrogen and oxygen atoms in total. The average molecular weight is 278 g/mol. The van der Waals surface area contributed by atoms with Gasteiger partial charge in [0.2, 0.25) is 0 Å². The second kappa shape index (κ2) is 8.87. The molecule has 2 aliphatic rings. The van der Waals surface area contributed by atoms with Crippen LogP contribution in [0.1, 0.15) is 84.0 Å². The molecule has 0 aliphatic heterocycles. The van der Waals surface area contributed by atoms with E-state index in [4.69, 9.17) is 0 Å². The summed E-state index contributed by atoms with van der Waals surface area (Å²) in [6.45, 7) is 2.32. The molecule has 0 aromatic carbocycles. The molecule has 0 bridgehead atoms. The zero-order chi connectivity index (χ0) is 14.2. The number of aliphatic hydroxyl groups excluding tert-OH is 1. The molecule has 1 N–H and O–H groups in total. The van der Waals surface area contributed by atoms with Crippen LogP contribution >= 0.6 is 0 Å². The number of aliphatic hydroxyl groups is 1. The average Bonchev–Trinajstić information content (AvgIpc) is 2.47. The number of rotatable bonds is 6. The van der Waals surface area contributed by atoms with Crippen molar-refractivity contribution >= 4 is 0 Å². The van der Waals surface area contributed by atoms with Crippen LogP contribution in [0.25, 0.3) is 0 Å². The lowest BCUT2D eigenvalue weighted by Crippen LogP contribution is -2.17. The van der Waals surface area contributed by atoms with Crippen LogP contribution in [-0.2, 0) is 0 Å². The molecule has 0 radical (unpaired) electrons. The Labute approximate surface area is 125 Å². The molecule has 0 amide bonds. The lowest BCUT2D eigenvalue weighted by molar-refractivity contribution is 0.107. The molecule has 0 aromatic heterocycles. The molecule has 1 heteroatoms. The van der Waals surface area contributed by atoms with Gasteiger partial charge < -0.3 is 5.11 Å². The van der Waals surface area contributed by atoms with E-state index >= 15 is 0 Å². The molecule has 0 unspecified atom stereocenters. The molecule has 0 atom stereocenters. The summed E-state index contributed by atoms with van der Waals surface area (Å²) in [5.41, 5.74) is 0. The van der Waals surface area contributed by atoms with Gasteiger partial charge in [-0.3, -0.25) is 0 Å². The molecule has 0 saturated heterocycles. The molecule has 0 spiro atoms. The van der Waals surface area contributed by atoms with Gasteiger partial charge in [0.1, 0.15) is 0 Å². The second-order valence-corrected chi connectivity index (χ2v) is 7.25. The van der Waals surface area contributed by atoms with Gasteiger partial charge in [-0.1, -0.05) is 31.9 Å². The number of hydrogen-bond donors (Lipinski definition) is 1. The highest BCUT2D eigenvalue weighted by Crippen LogP contribution is 2.32. The maximum Gasteiger partial charge on any atom is 0.0540 e. The van der Waals surface area contributed by atoms with E-state index in [0.717, 1.165) is 30.6 Å². The monoisotopic (exact) mass is 278 g/mol. The minimum absolute atomic E-state index is 0.0000902. The van der Waals surface area contributed by atoms with E-state index in [-0.39, 0.29) is 6.10 Å². The van der Waals surface area contributed by atoms with Gasteiger partial charge in [0.05, 0.1) is 6.10 Å². The van der Waals surface area contributed by atoms with Gasteiger partial charge in [-0.25, -0.2) is 0 Å². The molecule has 116 valence electrons. The topological polar surface area (TPSA) is 20.2 Å². The first-order chi connectivity index (χ1) is 9.78. The Morgan fingerprint density at radius 2 is 1.45 bits per heavy atom. The lowest BCUT2D eigenvalue weighted by Gasteiger charge is -2.26. The second-order valence-electron chi connectivity index (χ2n) is 7.25. The summed E-state index contributed by atoms with van der Waals surface area (Å²) < 4.78 is 0. The van der Waals surface area contributed by atoms with Crippen LogP contribution in [0.2, 0.25) is 0 Å². The zero-order valence-electron chi connectivity index (χ0n) is 13.4. The fourth-order valence-corrected chi connectivity index (χ4v) is 4.13. The Hall–Kier alpha value is -0.300. The number of allylic oxidation sites excluding steroid dienone is 2. The third kappa shape index (κ3) is 5.60. The van der Waals surface area contributed by atoms with Gasteiger partial charge in [-0.05, 0) is 82.0 Å². The van der Waals surface area contributed by atoms with Gasteiger partial charge in [0.25, 0.3) is 0 Å². The van der Waals surface area contributed by atoms with Crippen LogP contribution < -0.4 is 0 Å². The zero-order valence-corrected chi connectivity index (χ0v) is 13.4. The Balaban J connectivity index is 1.55. The van der Waals surface area contributed by atoms with E-state index in [1.165, 1.54) is 64.2 Å². The normalized spacial score (nSPS) is 35.5. The van der Waals surface area contributed by atoms with Crippen LogP contribution in [0.3, 0.4) is 0 Å². The highest BCUT2D eigenvalue weighted by Gasteiger charge is 2.19. The SMILES string of the molecule is CCC[C@H]1CC[C@H](/C=C/CCC2CCC(O)CC2)CC1.